The van der Waals surface area contributed by atoms with E-state index in [4.69, 9.17) is 4.74 Å². The van der Waals surface area contributed by atoms with Crippen LogP contribution >= 0.6 is 11.3 Å². The number of carbonyl (C=O) groups is 1. The van der Waals surface area contributed by atoms with Crippen molar-refractivity contribution in [3.05, 3.63) is 53.4 Å². The summed E-state index contributed by atoms with van der Waals surface area (Å²) in [6.45, 7) is 0. The number of piperidine rings is 1. The van der Waals surface area contributed by atoms with Crippen molar-refractivity contribution in [3.63, 3.8) is 0 Å². The Bertz CT molecular complexity index is 1090. The van der Waals surface area contributed by atoms with Gasteiger partial charge in [0.25, 0.3) is 5.91 Å². The van der Waals surface area contributed by atoms with E-state index in [1.54, 1.807) is 0 Å². The molecule has 0 radical (unpaired) electrons. The van der Waals surface area contributed by atoms with Crippen molar-refractivity contribution in [2.45, 2.75) is 43.9 Å². The van der Waals surface area contributed by atoms with Gasteiger partial charge in [-0.1, -0.05) is 6.07 Å². The summed E-state index contributed by atoms with van der Waals surface area (Å²) < 4.78 is 34.1. The zero-order chi connectivity index (χ0) is 21.4. The summed E-state index contributed by atoms with van der Waals surface area (Å²) in [6, 6.07) is 4.49. The van der Waals surface area contributed by atoms with Crippen molar-refractivity contribution < 1.29 is 18.3 Å². The Balaban J connectivity index is 1.32. The van der Waals surface area contributed by atoms with E-state index in [-0.39, 0.29) is 22.4 Å². The monoisotopic (exact) mass is 443 g/mol. The number of carbonyl (C=O) groups excluding carboxylic acids is 1. The maximum atomic E-state index is 14.0. The number of fused-ring (bicyclic) bond motifs is 2. The van der Waals surface area contributed by atoms with Gasteiger partial charge < -0.3 is 15.4 Å². The highest BCUT2D eigenvalue weighted by Gasteiger charge is 2.35. The molecule has 4 heterocycles. The molecule has 2 aliphatic heterocycles. The van der Waals surface area contributed by atoms with Crippen LogP contribution in [-0.4, -0.2) is 39.0 Å². The minimum atomic E-state index is -0.732. The van der Waals surface area contributed by atoms with E-state index in [9.17, 15) is 13.6 Å². The molecule has 2 aromatic heterocycles. The lowest BCUT2D eigenvalue weighted by Crippen LogP contribution is -2.42. The van der Waals surface area contributed by atoms with Crippen LogP contribution < -0.4 is 15.4 Å². The largest absolute Gasteiger partial charge is 0.473 e. The van der Waals surface area contributed by atoms with Crippen molar-refractivity contribution in [2.24, 2.45) is 0 Å². The lowest BCUT2D eigenvalue weighted by molar-refractivity contribution is 0.101. The molecule has 1 amide bonds. The van der Waals surface area contributed by atoms with Gasteiger partial charge in [0.2, 0.25) is 5.88 Å². The van der Waals surface area contributed by atoms with Crippen LogP contribution in [0.4, 0.5) is 14.5 Å². The SMILES string of the molecule is O=C(Nc1cncnc1OC1CC2CCC(C1)N2)c1csc(-c2c(F)cccc2F)n1. The number of rotatable bonds is 5. The third kappa shape index (κ3) is 4.13. The van der Waals surface area contributed by atoms with Crippen molar-refractivity contribution in [3.8, 4) is 16.5 Å². The number of ether oxygens (including phenoxy) is 1. The topological polar surface area (TPSA) is 89.0 Å². The molecular formula is C21H19F2N5O2S. The van der Waals surface area contributed by atoms with Crippen LogP contribution in [0, 0.1) is 11.6 Å². The highest BCUT2D eigenvalue weighted by Crippen LogP contribution is 2.32. The standard InChI is InChI=1S/C21H19F2N5O2S/c22-14-2-1-3-15(23)18(14)21-28-17(9-31-21)19(29)27-16-8-24-10-25-20(16)30-13-6-11-4-5-12(7-13)26-11/h1-3,8-13,26H,4-7H2,(H,27,29). The predicted octanol–water partition coefficient (Wildman–Crippen LogP) is 3.79. The van der Waals surface area contributed by atoms with Crippen LogP contribution in [0.25, 0.3) is 10.6 Å². The Hall–Kier alpha value is -2.98. The van der Waals surface area contributed by atoms with Gasteiger partial charge in [0.15, 0.2) is 0 Å². The molecular weight excluding hydrogens is 424 g/mol. The molecule has 2 unspecified atom stereocenters. The Morgan fingerprint density at radius 3 is 2.68 bits per heavy atom. The minimum absolute atomic E-state index is 0.0132. The van der Waals surface area contributed by atoms with Crippen molar-refractivity contribution in [1.29, 1.82) is 0 Å². The van der Waals surface area contributed by atoms with Gasteiger partial charge in [-0.2, -0.15) is 4.98 Å². The van der Waals surface area contributed by atoms with Crippen molar-refractivity contribution >= 4 is 22.9 Å². The summed E-state index contributed by atoms with van der Waals surface area (Å²) >= 11 is 0.989. The first kappa shape index (κ1) is 20.0. The van der Waals surface area contributed by atoms with E-state index in [0.717, 1.165) is 49.2 Å². The van der Waals surface area contributed by atoms with Crippen LogP contribution in [0.1, 0.15) is 36.2 Å². The molecule has 1 aromatic carbocycles. The third-order valence-corrected chi connectivity index (χ3v) is 6.41. The number of nitrogens with one attached hydrogen (secondary N) is 2. The van der Waals surface area contributed by atoms with Crippen LogP contribution in [0.5, 0.6) is 5.88 Å². The first-order chi connectivity index (χ1) is 15.1. The first-order valence-corrected chi connectivity index (χ1v) is 10.9. The predicted molar refractivity (Wildman–Crippen MR) is 111 cm³/mol. The molecule has 2 saturated heterocycles. The van der Waals surface area contributed by atoms with Gasteiger partial charge in [0.1, 0.15) is 40.5 Å². The minimum Gasteiger partial charge on any atom is -0.473 e. The average Bonchev–Trinajstić information content (AvgIpc) is 3.36. The fourth-order valence-corrected chi connectivity index (χ4v) is 4.99. The van der Waals surface area contributed by atoms with E-state index in [2.05, 4.69) is 25.6 Å². The summed E-state index contributed by atoms with van der Waals surface area (Å²) in [7, 11) is 0. The molecule has 5 rings (SSSR count). The van der Waals surface area contributed by atoms with Crippen LogP contribution in [0.2, 0.25) is 0 Å². The Morgan fingerprint density at radius 2 is 1.94 bits per heavy atom. The third-order valence-electron chi connectivity index (χ3n) is 5.55. The van der Waals surface area contributed by atoms with E-state index in [1.807, 2.05) is 0 Å². The van der Waals surface area contributed by atoms with E-state index < -0.39 is 17.5 Å². The van der Waals surface area contributed by atoms with E-state index in [1.165, 1.54) is 24.0 Å². The van der Waals surface area contributed by atoms with Gasteiger partial charge in [-0.15, -0.1) is 11.3 Å². The van der Waals surface area contributed by atoms with Crippen molar-refractivity contribution in [2.75, 3.05) is 5.32 Å². The normalized spacial score (nSPS) is 22.3. The van der Waals surface area contributed by atoms with Gasteiger partial charge in [-0.3, -0.25) is 4.79 Å². The summed E-state index contributed by atoms with van der Waals surface area (Å²) in [6.07, 6.45) is 6.90. The summed E-state index contributed by atoms with van der Waals surface area (Å²) in [4.78, 5) is 25.0. The van der Waals surface area contributed by atoms with Crippen LogP contribution in [0.15, 0.2) is 36.1 Å². The Kier molecular flexibility index (Phi) is 5.33. The second-order valence-corrected chi connectivity index (χ2v) is 8.54. The molecule has 2 aliphatic rings. The highest BCUT2D eigenvalue weighted by molar-refractivity contribution is 7.13. The zero-order valence-electron chi connectivity index (χ0n) is 16.3. The maximum absolute atomic E-state index is 14.0. The average molecular weight is 443 g/mol. The molecule has 7 nitrogen and oxygen atoms in total. The Labute approximate surface area is 180 Å². The molecule has 0 saturated carbocycles. The van der Waals surface area contributed by atoms with Crippen LogP contribution in [0.3, 0.4) is 0 Å². The zero-order valence-corrected chi connectivity index (χ0v) is 17.2. The molecule has 2 atom stereocenters. The number of nitrogens with zero attached hydrogens (tertiary/aromatic N) is 3. The Morgan fingerprint density at radius 1 is 1.19 bits per heavy atom. The molecule has 0 aliphatic carbocycles. The molecule has 10 heteroatoms. The van der Waals surface area contributed by atoms with Crippen molar-refractivity contribution in [1.82, 2.24) is 20.3 Å². The number of thiazole rings is 1. The molecule has 160 valence electrons. The quantitative estimate of drug-likeness (QED) is 0.624. The van der Waals surface area contributed by atoms with Gasteiger partial charge in [-0.05, 0) is 37.8 Å². The molecule has 3 aromatic rings. The number of benzene rings is 1. The second-order valence-electron chi connectivity index (χ2n) is 7.68. The number of hydrogen-bond donors (Lipinski definition) is 2. The summed E-state index contributed by atoms with van der Waals surface area (Å²) in [5, 5.41) is 7.79. The smallest absolute Gasteiger partial charge is 0.275 e. The maximum Gasteiger partial charge on any atom is 0.275 e. The van der Waals surface area contributed by atoms with E-state index >= 15 is 0 Å². The van der Waals surface area contributed by atoms with E-state index in [0.29, 0.717) is 23.7 Å². The molecule has 2 N–H and O–H groups in total. The van der Waals surface area contributed by atoms with Crippen LogP contribution in [-0.2, 0) is 0 Å². The molecule has 0 spiro atoms. The molecule has 31 heavy (non-hydrogen) atoms. The second kappa shape index (κ2) is 8.27. The highest BCUT2D eigenvalue weighted by atomic mass is 32.1. The summed E-state index contributed by atoms with van der Waals surface area (Å²) in [5.41, 5.74) is 0.113. The number of amides is 1. The fraction of sp³-hybridized carbons (Fsp3) is 0.333. The fourth-order valence-electron chi connectivity index (χ4n) is 4.14. The van der Waals surface area contributed by atoms with Gasteiger partial charge in [0, 0.05) is 17.5 Å². The number of hydrogen-bond acceptors (Lipinski definition) is 7. The van der Waals surface area contributed by atoms with Gasteiger partial charge >= 0.3 is 0 Å². The summed E-state index contributed by atoms with van der Waals surface area (Å²) in [5.74, 6) is -1.71. The number of aromatic nitrogens is 3. The van der Waals surface area contributed by atoms with Gasteiger partial charge in [0.05, 0.1) is 11.8 Å². The molecule has 2 fully saturated rings. The lowest BCUT2D eigenvalue weighted by Gasteiger charge is -2.29. The number of halogens is 2. The lowest BCUT2D eigenvalue weighted by atomic mass is 10.0. The number of anilines is 1. The van der Waals surface area contributed by atoms with Gasteiger partial charge in [-0.25, -0.2) is 18.7 Å². The first-order valence-electron chi connectivity index (χ1n) is 10.0. The molecule has 2 bridgehead atoms.